The minimum absolute atomic E-state index is 0.0295. The quantitative estimate of drug-likeness (QED) is 0.860. The van der Waals surface area contributed by atoms with Crippen LogP contribution in [0.4, 0.5) is 5.82 Å². The van der Waals surface area contributed by atoms with Crippen molar-refractivity contribution in [3.05, 3.63) is 16.8 Å². The summed E-state index contributed by atoms with van der Waals surface area (Å²) in [6.45, 7) is 7.81. The normalized spacial score (nSPS) is 21.4. The average Bonchev–Trinajstić information content (AvgIpc) is 3.20. The molecule has 0 spiro atoms. The van der Waals surface area contributed by atoms with Crippen LogP contribution in [0.25, 0.3) is 0 Å². The molecule has 1 aromatic rings. The van der Waals surface area contributed by atoms with Crippen LogP contribution in [0.2, 0.25) is 0 Å². The van der Waals surface area contributed by atoms with E-state index in [4.69, 9.17) is 4.74 Å². The third kappa shape index (κ3) is 4.91. The van der Waals surface area contributed by atoms with Crippen LogP contribution in [0, 0.1) is 25.2 Å². The van der Waals surface area contributed by atoms with Gasteiger partial charge in [-0.05, 0) is 58.2 Å². The molecule has 1 aromatic heterocycles. The van der Waals surface area contributed by atoms with Gasteiger partial charge >= 0.3 is 0 Å². The number of nitrogens with zero attached hydrogens (tertiary/aromatic N) is 3. The lowest BCUT2D eigenvalue weighted by molar-refractivity contribution is -0.117. The average molecular weight is 373 g/mol. The summed E-state index contributed by atoms with van der Waals surface area (Å²) in [4.78, 5) is 15.0. The first-order valence-corrected chi connectivity index (χ1v) is 10.3. The number of amides is 1. The van der Waals surface area contributed by atoms with E-state index in [1.165, 1.54) is 19.3 Å². The number of anilines is 1. The summed E-state index contributed by atoms with van der Waals surface area (Å²) in [5.41, 5.74) is 2.55. The number of aromatic nitrogens is 1. The number of nitriles is 1. The highest BCUT2D eigenvalue weighted by Gasteiger charge is 2.24. The second-order valence-electron chi connectivity index (χ2n) is 7.88. The van der Waals surface area contributed by atoms with Gasteiger partial charge in [-0.25, -0.2) is 0 Å². The zero-order valence-electron chi connectivity index (χ0n) is 16.7. The highest BCUT2D eigenvalue weighted by molar-refractivity contribution is 5.93. The smallest absolute Gasteiger partial charge is 0.239 e. The van der Waals surface area contributed by atoms with Crippen LogP contribution in [0.1, 0.15) is 61.8 Å². The predicted octanol–water partition coefficient (Wildman–Crippen LogP) is 3.36. The summed E-state index contributed by atoms with van der Waals surface area (Å²) >= 11 is 0. The van der Waals surface area contributed by atoms with Crippen molar-refractivity contribution in [3.8, 4) is 6.07 Å². The largest absolute Gasteiger partial charge is 0.376 e. The number of carbonyl (C=O) groups excluding carboxylic acids is 1. The Morgan fingerprint density at radius 2 is 1.89 bits per heavy atom. The van der Waals surface area contributed by atoms with E-state index < -0.39 is 0 Å². The van der Waals surface area contributed by atoms with E-state index in [1.54, 1.807) is 0 Å². The van der Waals surface area contributed by atoms with Crippen molar-refractivity contribution < 1.29 is 9.53 Å². The van der Waals surface area contributed by atoms with Gasteiger partial charge in [0.25, 0.3) is 0 Å². The molecular formula is C21H32N4O2. The van der Waals surface area contributed by atoms with Crippen LogP contribution in [0.5, 0.6) is 0 Å². The SMILES string of the molecule is Cc1c(C#N)c(NC(=O)CN2CCCCCCC2)n(C[C@H]2CCCO2)c1C. The lowest BCUT2D eigenvalue weighted by Crippen LogP contribution is -2.36. The topological polar surface area (TPSA) is 70.3 Å². The van der Waals surface area contributed by atoms with Gasteiger partial charge in [0.05, 0.1) is 24.8 Å². The van der Waals surface area contributed by atoms with E-state index in [9.17, 15) is 10.1 Å². The first-order valence-electron chi connectivity index (χ1n) is 10.3. The summed E-state index contributed by atoms with van der Waals surface area (Å²) in [6.07, 6.45) is 8.38. The Kier molecular flexibility index (Phi) is 6.92. The molecule has 2 aliphatic heterocycles. The van der Waals surface area contributed by atoms with Gasteiger partial charge in [-0.15, -0.1) is 0 Å². The summed E-state index contributed by atoms with van der Waals surface area (Å²) in [7, 11) is 0. The van der Waals surface area contributed by atoms with Gasteiger partial charge in [-0.3, -0.25) is 9.69 Å². The van der Waals surface area contributed by atoms with Gasteiger partial charge in [-0.1, -0.05) is 19.3 Å². The summed E-state index contributed by atoms with van der Waals surface area (Å²) in [6, 6.07) is 2.29. The van der Waals surface area contributed by atoms with Gasteiger partial charge in [-0.2, -0.15) is 5.26 Å². The first-order chi connectivity index (χ1) is 13.1. The third-order valence-electron chi connectivity index (χ3n) is 5.93. The molecule has 2 fully saturated rings. The van der Waals surface area contributed by atoms with E-state index in [2.05, 4.69) is 20.9 Å². The number of likely N-dealkylation sites (tertiary alicyclic amines) is 1. The number of nitrogens with one attached hydrogen (secondary N) is 1. The molecule has 0 unspecified atom stereocenters. The van der Waals surface area contributed by atoms with E-state index in [1.807, 2.05) is 13.8 Å². The lowest BCUT2D eigenvalue weighted by Gasteiger charge is -2.24. The van der Waals surface area contributed by atoms with Crippen molar-refractivity contribution in [2.45, 2.75) is 71.4 Å². The molecule has 3 heterocycles. The second kappa shape index (κ2) is 9.38. The van der Waals surface area contributed by atoms with Crippen molar-refractivity contribution in [2.24, 2.45) is 0 Å². The Balaban J connectivity index is 1.72. The Labute approximate surface area is 162 Å². The van der Waals surface area contributed by atoms with Crippen molar-refractivity contribution in [1.82, 2.24) is 9.47 Å². The maximum Gasteiger partial charge on any atom is 0.239 e. The molecule has 0 aromatic carbocycles. The number of carbonyl (C=O) groups is 1. The first kappa shape index (κ1) is 19.9. The fraction of sp³-hybridized carbons (Fsp3) is 0.714. The number of hydrogen-bond acceptors (Lipinski definition) is 4. The van der Waals surface area contributed by atoms with Crippen LogP contribution >= 0.6 is 0 Å². The molecule has 0 bridgehead atoms. The van der Waals surface area contributed by atoms with Crippen LogP contribution < -0.4 is 5.32 Å². The minimum atomic E-state index is -0.0295. The monoisotopic (exact) mass is 372 g/mol. The van der Waals surface area contributed by atoms with E-state index in [0.29, 0.717) is 24.5 Å². The Morgan fingerprint density at radius 1 is 1.19 bits per heavy atom. The molecule has 6 nitrogen and oxygen atoms in total. The molecule has 0 aliphatic carbocycles. The van der Waals surface area contributed by atoms with E-state index >= 15 is 0 Å². The molecule has 1 atom stereocenters. The van der Waals surface area contributed by atoms with E-state index in [0.717, 1.165) is 56.6 Å². The molecule has 2 aliphatic rings. The van der Waals surface area contributed by atoms with Gasteiger partial charge < -0.3 is 14.6 Å². The van der Waals surface area contributed by atoms with Crippen molar-refractivity contribution in [2.75, 3.05) is 31.6 Å². The summed E-state index contributed by atoms with van der Waals surface area (Å²) in [5, 5.41) is 12.7. The van der Waals surface area contributed by atoms with Crippen LogP contribution in [-0.2, 0) is 16.1 Å². The standard InChI is InChI=1S/C21H32N4O2/c1-16-17(2)25(14-18-9-8-12-27-18)21(19(16)13-22)23-20(26)15-24-10-6-4-3-5-7-11-24/h18H,3-12,14-15H2,1-2H3,(H,23,26)/t18-/m1/s1. The van der Waals surface area contributed by atoms with Gasteiger partial charge in [0.1, 0.15) is 11.9 Å². The molecule has 27 heavy (non-hydrogen) atoms. The predicted molar refractivity (Wildman–Crippen MR) is 106 cm³/mol. The molecule has 2 saturated heterocycles. The van der Waals surface area contributed by atoms with Crippen LogP contribution in [-0.4, -0.2) is 47.7 Å². The molecule has 1 N–H and O–H groups in total. The third-order valence-corrected chi connectivity index (χ3v) is 5.93. The fourth-order valence-corrected chi connectivity index (χ4v) is 4.20. The second-order valence-corrected chi connectivity index (χ2v) is 7.88. The molecular weight excluding hydrogens is 340 g/mol. The minimum Gasteiger partial charge on any atom is -0.376 e. The fourth-order valence-electron chi connectivity index (χ4n) is 4.20. The maximum absolute atomic E-state index is 12.8. The molecule has 3 rings (SSSR count). The zero-order chi connectivity index (χ0) is 19.2. The number of ether oxygens (including phenoxy) is 1. The molecule has 0 saturated carbocycles. The van der Waals surface area contributed by atoms with Gasteiger partial charge in [0, 0.05) is 12.3 Å². The van der Waals surface area contributed by atoms with Gasteiger partial charge in [0.15, 0.2) is 0 Å². The Hall–Kier alpha value is -1.84. The van der Waals surface area contributed by atoms with Crippen molar-refractivity contribution in [3.63, 3.8) is 0 Å². The number of hydrogen-bond donors (Lipinski definition) is 1. The van der Waals surface area contributed by atoms with Crippen LogP contribution in [0.3, 0.4) is 0 Å². The van der Waals surface area contributed by atoms with Crippen molar-refractivity contribution in [1.29, 1.82) is 5.26 Å². The van der Waals surface area contributed by atoms with Crippen molar-refractivity contribution >= 4 is 11.7 Å². The lowest BCUT2D eigenvalue weighted by atomic mass is 10.1. The highest BCUT2D eigenvalue weighted by Crippen LogP contribution is 2.28. The number of rotatable bonds is 5. The van der Waals surface area contributed by atoms with E-state index in [-0.39, 0.29) is 12.0 Å². The summed E-state index contributed by atoms with van der Waals surface area (Å²) in [5.74, 6) is 0.609. The molecule has 148 valence electrons. The molecule has 0 radical (unpaired) electrons. The van der Waals surface area contributed by atoms with Crippen LogP contribution in [0.15, 0.2) is 0 Å². The zero-order valence-corrected chi connectivity index (χ0v) is 16.7. The van der Waals surface area contributed by atoms with Gasteiger partial charge in [0.2, 0.25) is 5.91 Å². The summed E-state index contributed by atoms with van der Waals surface area (Å²) < 4.78 is 7.84. The molecule has 1 amide bonds. The Morgan fingerprint density at radius 3 is 2.52 bits per heavy atom. The highest BCUT2D eigenvalue weighted by atomic mass is 16.5. The maximum atomic E-state index is 12.8. The Bertz CT molecular complexity index is 690. The molecule has 6 heteroatoms.